The van der Waals surface area contributed by atoms with Crippen molar-refractivity contribution in [3.05, 3.63) is 71.8 Å². The van der Waals surface area contributed by atoms with Crippen LogP contribution in [0.15, 0.2) is 60.7 Å². The number of carbonyl (C=O) groups excluding carboxylic acids is 1. The molecule has 0 spiro atoms. The fourth-order valence-corrected chi connectivity index (χ4v) is 4.25. The van der Waals surface area contributed by atoms with Crippen LogP contribution >= 0.6 is 0 Å². The lowest BCUT2D eigenvalue weighted by Gasteiger charge is -2.51. The maximum Gasteiger partial charge on any atom is 0.410 e. The molecule has 0 aromatic heterocycles. The van der Waals surface area contributed by atoms with Gasteiger partial charge >= 0.3 is 6.09 Å². The van der Waals surface area contributed by atoms with Gasteiger partial charge < -0.3 is 9.64 Å². The van der Waals surface area contributed by atoms with Crippen molar-refractivity contribution in [1.82, 2.24) is 9.80 Å². The quantitative estimate of drug-likeness (QED) is 0.768. The van der Waals surface area contributed by atoms with Crippen LogP contribution in [-0.2, 0) is 17.7 Å². The Hall–Kier alpha value is -2.33. The molecule has 4 aliphatic rings. The second kappa shape index (κ2) is 8.13. The molecule has 4 heteroatoms. The monoisotopic (exact) mass is 364 g/mol. The molecule has 1 aliphatic carbocycles. The Kier molecular flexibility index (Phi) is 5.44. The van der Waals surface area contributed by atoms with E-state index < -0.39 is 0 Å². The highest BCUT2D eigenvalue weighted by Gasteiger charge is 2.45. The lowest BCUT2D eigenvalue weighted by atomic mass is 9.72. The Bertz CT molecular complexity index is 731. The molecule has 0 unspecified atom stereocenters. The summed E-state index contributed by atoms with van der Waals surface area (Å²) in [6.45, 7) is 2.35. The van der Waals surface area contributed by atoms with Crippen LogP contribution in [-0.4, -0.2) is 48.2 Å². The molecule has 2 saturated heterocycles. The molecule has 0 N–H and O–H groups in total. The molecule has 2 aromatic carbocycles. The Balaban J connectivity index is 0.000000257. The molecule has 3 heterocycles. The van der Waals surface area contributed by atoms with E-state index in [1.807, 2.05) is 47.4 Å². The van der Waals surface area contributed by atoms with Gasteiger partial charge in [0.25, 0.3) is 0 Å². The summed E-state index contributed by atoms with van der Waals surface area (Å²) in [5.41, 5.74) is 2.62. The van der Waals surface area contributed by atoms with E-state index in [2.05, 4.69) is 30.1 Å². The molecular weight excluding hydrogens is 336 g/mol. The number of piperidine rings is 2. The molecule has 0 radical (unpaired) electrons. The van der Waals surface area contributed by atoms with Crippen LogP contribution in [0.4, 0.5) is 4.79 Å². The van der Waals surface area contributed by atoms with E-state index in [0.717, 1.165) is 25.6 Å². The van der Waals surface area contributed by atoms with Gasteiger partial charge in [0.1, 0.15) is 6.10 Å². The summed E-state index contributed by atoms with van der Waals surface area (Å²) >= 11 is 0. The summed E-state index contributed by atoms with van der Waals surface area (Å²) in [4.78, 5) is 16.6. The van der Waals surface area contributed by atoms with E-state index in [9.17, 15) is 4.79 Å². The van der Waals surface area contributed by atoms with Crippen LogP contribution in [0.3, 0.4) is 0 Å². The number of hydrogen-bond donors (Lipinski definition) is 0. The average Bonchev–Trinajstić information content (AvgIpc) is 2.68. The fourth-order valence-electron chi connectivity index (χ4n) is 4.25. The maximum absolute atomic E-state index is 12.4. The minimum absolute atomic E-state index is 0.0877. The third-order valence-corrected chi connectivity index (χ3v) is 6.07. The molecule has 1 saturated carbocycles. The van der Waals surface area contributed by atoms with Gasteiger partial charge in [-0.25, -0.2) is 4.79 Å². The SMILES string of the molecule is CN1C[C@H](OC(=O)N2CCc3ccccc3C2)C2CC1C2.c1ccccc1. The number of rotatable bonds is 1. The van der Waals surface area contributed by atoms with Crippen molar-refractivity contribution in [3.63, 3.8) is 0 Å². The number of benzene rings is 2. The second-order valence-electron chi connectivity index (χ2n) is 7.84. The fraction of sp³-hybridized carbons (Fsp3) is 0.435. The highest BCUT2D eigenvalue weighted by molar-refractivity contribution is 5.68. The summed E-state index contributed by atoms with van der Waals surface area (Å²) in [7, 11) is 2.14. The van der Waals surface area contributed by atoms with Gasteiger partial charge in [0.15, 0.2) is 0 Å². The minimum atomic E-state index is -0.131. The first-order chi connectivity index (χ1) is 13.2. The van der Waals surface area contributed by atoms with Crippen LogP contribution in [0.2, 0.25) is 0 Å². The Morgan fingerprint density at radius 2 is 1.59 bits per heavy atom. The van der Waals surface area contributed by atoms with Crippen molar-refractivity contribution in [2.24, 2.45) is 5.92 Å². The number of fused-ring (bicyclic) bond motifs is 3. The molecule has 4 nitrogen and oxygen atoms in total. The third-order valence-electron chi connectivity index (χ3n) is 6.07. The zero-order valence-corrected chi connectivity index (χ0v) is 16.0. The van der Waals surface area contributed by atoms with Crippen molar-refractivity contribution < 1.29 is 9.53 Å². The Morgan fingerprint density at radius 1 is 0.963 bits per heavy atom. The van der Waals surface area contributed by atoms with Crippen molar-refractivity contribution in [3.8, 4) is 0 Å². The number of likely N-dealkylation sites (N-methyl/N-ethyl adjacent to an activating group) is 1. The van der Waals surface area contributed by atoms with Crippen molar-refractivity contribution in [2.45, 2.75) is 38.0 Å². The molecule has 1 amide bonds. The summed E-state index contributed by atoms with van der Waals surface area (Å²) < 4.78 is 5.81. The van der Waals surface area contributed by atoms with Gasteiger partial charge in [0.05, 0.1) is 0 Å². The van der Waals surface area contributed by atoms with Gasteiger partial charge in [0, 0.05) is 31.6 Å². The largest absolute Gasteiger partial charge is 0.444 e. The molecule has 6 rings (SSSR count). The number of amides is 1. The van der Waals surface area contributed by atoms with Crippen molar-refractivity contribution in [2.75, 3.05) is 20.1 Å². The first-order valence-corrected chi connectivity index (χ1v) is 9.93. The Labute approximate surface area is 161 Å². The summed E-state index contributed by atoms with van der Waals surface area (Å²) in [5, 5.41) is 0. The highest BCUT2D eigenvalue weighted by atomic mass is 16.6. The predicted octanol–water partition coefficient (Wildman–Crippen LogP) is 3.96. The van der Waals surface area contributed by atoms with Crippen molar-refractivity contribution >= 4 is 6.09 Å². The molecule has 142 valence electrons. The van der Waals surface area contributed by atoms with E-state index in [1.165, 1.54) is 24.0 Å². The molecule has 3 fully saturated rings. The summed E-state index contributed by atoms with van der Waals surface area (Å²) in [5.74, 6) is 0.590. The van der Waals surface area contributed by atoms with Gasteiger partial charge in [-0.1, -0.05) is 60.7 Å². The van der Waals surface area contributed by atoms with Crippen LogP contribution in [0.1, 0.15) is 24.0 Å². The zero-order valence-electron chi connectivity index (χ0n) is 16.0. The first-order valence-electron chi connectivity index (χ1n) is 9.93. The topological polar surface area (TPSA) is 32.8 Å². The normalized spacial score (nSPS) is 26.1. The van der Waals surface area contributed by atoms with E-state index in [-0.39, 0.29) is 12.2 Å². The van der Waals surface area contributed by atoms with Crippen LogP contribution in [0.5, 0.6) is 0 Å². The van der Waals surface area contributed by atoms with Crippen LogP contribution in [0.25, 0.3) is 0 Å². The lowest BCUT2D eigenvalue weighted by Crippen LogP contribution is -2.58. The number of carbonyl (C=O) groups is 1. The summed E-state index contributed by atoms with van der Waals surface area (Å²) in [6, 6.07) is 21.1. The van der Waals surface area contributed by atoms with Crippen LogP contribution in [0, 0.1) is 5.92 Å². The van der Waals surface area contributed by atoms with E-state index in [4.69, 9.17) is 4.74 Å². The smallest absolute Gasteiger partial charge is 0.410 e. The third kappa shape index (κ3) is 4.16. The van der Waals surface area contributed by atoms with Gasteiger partial charge in [0.2, 0.25) is 0 Å². The zero-order chi connectivity index (χ0) is 18.6. The van der Waals surface area contributed by atoms with Crippen molar-refractivity contribution in [1.29, 1.82) is 0 Å². The van der Waals surface area contributed by atoms with Gasteiger partial charge in [-0.15, -0.1) is 0 Å². The molecule has 27 heavy (non-hydrogen) atoms. The first kappa shape index (κ1) is 18.1. The second-order valence-corrected chi connectivity index (χ2v) is 7.84. The van der Waals surface area contributed by atoms with Crippen LogP contribution < -0.4 is 0 Å². The van der Waals surface area contributed by atoms with E-state index in [1.54, 1.807) is 0 Å². The lowest BCUT2D eigenvalue weighted by molar-refractivity contribution is -0.0838. The highest BCUT2D eigenvalue weighted by Crippen LogP contribution is 2.40. The molecule has 2 bridgehead atoms. The molecule has 3 aliphatic heterocycles. The minimum Gasteiger partial charge on any atom is -0.444 e. The molecule has 1 atom stereocenters. The van der Waals surface area contributed by atoms with E-state index >= 15 is 0 Å². The molecular formula is C23H28N2O2. The van der Waals surface area contributed by atoms with Gasteiger partial charge in [-0.3, -0.25) is 4.90 Å². The Morgan fingerprint density at radius 3 is 2.22 bits per heavy atom. The average molecular weight is 364 g/mol. The molecule has 2 aromatic rings. The van der Waals surface area contributed by atoms with Gasteiger partial charge in [-0.05, 0) is 37.4 Å². The predicted molar refractivity (Wildman–Crippen MR) is 106 cm³/mol. The maximum atomic E-state index is 12.4. The van der Waals surface area contributed by atoms with Gasteiger partial charge in [-0.2, -0.15) is 0 Å². The summed E-state index contributed by atoms with van der Waals surface area (Å²) in [6.07, 6.45) is 3.27. The number of nitrogens with zero attached hydrogens (tertiary/aromatic N) is 2. The standard InChI is InChI=1S/C17H22N2O2.C6H6/c1-18-11-16(14-8-15(18)9-14)21-17(20)19-7-6-12-4-2-3-5-13(12)10-19;1-2-4-6-5-3-1/h2-5,14-16H,6-11H2,1H3;1-6H/t14?,15?,16-;/m0./s1. The number of hydrogen-bond acceptors (Lipinski definition) is 3. The number of ether oxygens (including phenoxy) is 1. The van der Waals surface area contributed by atoms with E-state index in [0.29, 0.717) is 12.5 Å².